The van der Waals surface area contributed by atoms with Gasteiger partial charge in [0.25, 0.3) is 23.6 Å². The lowest BCUT2D eigenvalue weighted by molar-refractivity contribution is -0.138. The van der Waals surface area contributed by atoms with Crippen molar-refractivity contribution < 1.29 is 61.9 Å². The molecule has 0 bridgehead atoms. The number of methoxy groups -OCH3 is 1. The largest absolute Gasteiger partial charge is 0.489 e. The molecule has 0 saturated heterocycles. The van der Waals surface area contributed by atoms with Gasteiger partial charge in [0, 0.05) is 37.1 Å². The van der Waals surface area contributed by atoms with Crippen molar-refractivity contribution >= 4 is 100 Å². The Morgan fingerprint density at radius 3 is 2.10 bits per heavy atom. The van der Waals surface area contributed by atoms with E-state index in [-0.39, 0.29) is 79.2 Å². The van der Waals surface area contributed by atoms with Gasteiger partial charge in [-0.05, 0) is 81.2 Å². The first-order valence-electron chi connectivity index (χ1n) is 22.5. The molecule has 3 atom stereocenters. The number of rotatable bonds is 13. The molecule has 3 aromatic carbocycles. The molecule has 3 aliphatic heterocycles. The number of alkyl halides is 3. The molecule has 4 aliphatic rings. The highest BCUT2D eigenvalue weighted by atomic mass is 35.5. The summed E-state index contributed by atoms with van der Waals surface area (Å²) in [6.07, 6.45) is 9.76. The molecule has 0 radical (unpaired) electrons. The quantitative estimate of drug-likeness (QED) is 0.0507. The minimum absolute atomic E-state index is 0.0170. The Morgan fingerprint density at radius 1 is 0.972 bits per heavy atom. The minimum Gasteiger partial charge on any atom is -0.489 e. The number of carboxylic acids is 1. The highest BCUT2D eigenvalue weighted by Gasteiger charge is 2.42. The number of aliphatic carboxylic acids is 1. The van der Waals surface area contributed by atoms with E-state index < -0.39 is 41.8 Å². The molecule has 71 heavy (non-hydrogen) atoms. The summed E-state index contributed by atoms with van der Waals surface area (Å²) in [6, 6.07) is 14.7. The van der Waals surface area contributed by atoms with E-state index in [0.717, 1.165) is 59.2 Å². The van der Waals surface area contributed by atoms with E-state index >= 15 is 0 Å². The maximum atomic E-state index is 14.7. The van der Waals surface area contributed by atoms with E-state index in [1.165, 1.54) is 17.6 Å². The van der Waals surface area contributed by atoms with Crippen molar-refractivity contribution in [2.24, 2.45) is 5.73 Å². The summed E-state index contributed by atoms with van der Waals surface area (Å²) in [5, 5.41) is 8.28. The summed E-state index contributed by atoms with van der Waals surface area (Å²) in [6.45, 7) is 7.65. The van der Waals surface area contributed by atoms with Gasteiger partial charge in [0.15, 0.2) is 24.6 Å². The predicted octanol–water partition coefficient (Wildman–Crippen LogP) is 7.21. The third-order valence-electron chi connectivity index (χ3n) is 11.4. The first-order valence-corrected chi connectivity index (χ1v) is 26.2. The Bertz CT molecular complexity index is 2540. The van der Waals surface area contributed by atoms with Gasteiger partial charge >= 0.3 is 5.97 Å². The number of benzene rings is 3. The number of carbonyl (C=O) groups is 6. The van der Waals surface area contributed by atoms with Crippen LogP contribution >= 0.6 is 42.2 Å². The molecule has 3 heterocycles. The van der Waals surface area contributed by atoms with Crippen molar-refractivity contribution in [3.8, 4) is 23.8 Å². The van der Waals surface area contributed by atoms with Gasteiger partial charge in [-0.25, -0.2) is 9.29 Å². The van der Waals surface area contributed by atoms with Gasteiger partial charge in [-0.3, -0.25) is 43.1 Å². The zero-order chi connectivity index (χ0) is 52.7. The van der Waals surface area contributed by atoms with Crippen LogP contribution in [0.2, 0.25) is 0 Å². The van der Waals surface area contributed by atoms with Crippen LogP contribution in [0.5, 0.6) is 11.5 Å². The molecule has 3 unspecified atom stereocenters. The molecule has 0 fully saturated rings. The van der Waals surface area contributed by atoms with Crippen LogP contribution in [0, 0.1) is 18.2 Å². The Hall–Kier alpha value is -5.51. The average Bonchev–Trinajstić information content (AvgIpc) is 3.60. The molecule has 5 amide bonds. The number of ether oxygens (including phenoxy) is 3. The number of anilines is 4. The van der Waals surface area contributed by atoms with Crippen molar-refractivity contribution in [3.63, 3.8) is 0 Å². The lowest BCUT2D eigenvalue weighted by Gasteiger charge is -2.35. The summed E-state index contributed by atoms with van der Waals surface area (Å²) < 4.78 is 41.2. The van der Waals surface area contributed by atoms with E-state index in [1.54, 1.807) is 16.9 Å². The summed E-state index contributed by atoms with van der Waals surface area (Å²) >= 11 is 16.9. The fourth-order valence-electron chi connectivity index (χ4n) is 7.87. The van der Waals surface area contributed by atoms with Crippen molar-refractivity contribution in [2.45, 2.75) is 82.6 Å². The number of hydrogen-bond donors (Lipinski definition) is 3. The van der Waals surface area contributed by atoms with E-state index in [1.807, 2.05) is 49.4 Å². The number of carboxylic acid groups (broad SMARTS) is 1. The monoisotopic (exact) mass is 1060 g/mol. The van der Waals surface area contributed by atoms with Crippen LogP contribution < -0.4 is 34.8 Å². The summed E-state index contributed by atoms with van der Waals surface area (Å²) in [4.78, 5) is 84.4. The van der Waals surface area contributed by atoms with Crippen molar-refractivity contribution in [3.05, 3.63) is 82.7 Å². The van der Waals surface area contributed by atoms with Crippen molar-refractivity contribution in [1.29, 1.82) is 0 Å². The van der Waals surface area contributed by atoms with E-state index in [4.69, 9.17) is 71.2 Å². The molecule has 22 heteroatoms. The van der Waals surface area contributed by atoms with E-state index in [0.29, 0.717) is 36.3 Å². The predicted molar refractivity (Wildman–Crippen MR) is 272 cm³/mol. The number of terminal acetylenes is 1. The van der Waals surface area contributed by atoms with E-state index in [9.17, 15) is 37.7 Å². The molecule has 0 saturated carbocycles. The fraction of sp³-hybridized carbons (Fsp3) is 0.429. The van der Waals surface area contributed by atoms with Crippen LogP contribution in [0.4, 0.5) is 27.1 Å². The number of hydrogen-bond acceptors (Lipinski definition) is 11. The normalized spacial score (nSPS) is 17.0. The Labute approximate surface area is 427 Å². The van der Waals surface area contributed by atoms with Gasteiger partial charge in [-0.1, -0.05) is 73.3 Å². The second kappa shape index (κ2) is 26.8. The zero-order valence-electron chi connectivity index (χ0n) is 40.0. The lowest BCUT2D eigenvalue weighted by atomic mass is 9.93. The Balaban J connectivity index is 0.000000216. The number of amides is 5. The van der Waals surface area contributed by atoms with E-state index in [2.05, 4.69) is 19.8 Å². The SMILES string of the molecule is C#CCN1C(=O)COc2cc(F)c(N3C(=O)C4=C(CCCC4)C3=O)cc21.CC1COc2ccccc2N1C(=O)C(Cl)Cl.CCc1cccc(CC)c1N(COC)C(=O)CCl.CP(=O)(O)CCC(N)C(=O)O. The topological polar surface area (TPSA) is 227 Å². The second-order valence-corrected chi connectivity index (χ2v) is 20.4. The van der Waals surface area contributed by atoms with Gasteiger partial charge in [-0.2, -0.15) is 0 Å². The molecule has 3 aromatic rings. The van der Waals surface area contributed by atoms with Gasteiger partial charge < -0.3 is 34.8 Å². The minimum atomic E-state index is -3.10. The number of imide groups is 1. The molecule has 4 N–H and O–H groups in total. The third-order valence-corrected chi connectivity index (χ3v) is 13.1. The number of nitrogens with zero attached hydrogens (tertiary/aromatic N) is 4. The maximum Gasteiger partial charge on any atom is 0.320 e. The van der Waals surface area contributed by atoms with Gasteiger partial charge in [0.05, 0.1) is 35.3 Å². The van der Waals surface area contributed by atoms with Crippen LogP contribution in [0.3, 0.4) is 0 Å². The first-order chi connectivity index (χ1) is 33.6. The first kappa shape index (κ1) is 58.1. The molecule has 1 aliphatic carbocycles. The van der Waals surface area contributed by atoms with Crippen LogP contribution in [0.25, 0.3) is 0 Å². The standard InChI is InChI=1S/C19H15FN2O4.C14H20ClNO2.C11H11Cl2NO2.C5H12NO4P/c1-2-7-21-15-9-14(13(20)8-16(15)26-10-17(21)23)22-18(24)11-5-3-4-6-12(11)19(22)25;1-4-11-7-6-8-12(5-2)14(11)16(10-18-3)13(17)9-15;1-7-6-16-9-5-3-2-4-8(9)14(7)11(15)10(12)13;1-11(9,10)3-2-4(6)5(7)8/h1,8-9H,3-7,10H2;6-8H,4-5,9-10H2,1-3H3;2-5,7,10H,6H2,1H3;4H,2-3,6H2,1H3,(H,7,8)(H,9,10). The molecular formula is C49H58Cl3FN5O12P. The van der Waals surface area contributed by atoms with Crippen LogP contribution in [-0.2, 0) is 50.9 Å². The number of nitrogens with two attached hydrogens (primary N) is 1. The smallest absolute Gasteiger partial charge is 0.320 e. The molecule has 0 aromatic heterocycles. The van der Waals surface area contributed by atoms with Crippen LogP contribution in [-0.4, -0.2) is 115 Å². The number of aryl methyl sites for hydroxylation is 2. The highest BCUT2D eigenvalue weighted by Crippen LogP contribution is 2.42. The van der Waals surface area contributed by atoms with Crippen LogP contribution in [0.1, 0.15) is 64.0 Å². The summed E-state index contributed by atoms with van der Waals surface area (Å²) in [5.41, 5.74) is 10.0. The van der Waals surface area contributed by atoms with Gasteiger partial charge in [0.1, 0.15) is 36.8 Å². The van der Waals surface area contributed by atoms with Gasteiger partial charge in [-0.15, -0.1) is 18.0 Å². The molecule has 7 rings (SSSR count). The van der Waals surface area contributed by atoms with Crippen molar-refractivity contribution in [2.75, 3.05) is 71.9 Å². The molecule has 0 spiro atoms. The number of fused-ring (bicyclic) bond motifs is 2. The number of para-hydroxylation sites is 3. The average molecular weight is 1070 g/mol. The molecule has 17 nitrogen and oxygen atoms in total. The summed E-state index contributed by atoms with van der Waals surface area (Å²) in [5.74, 6) is -0.532. The fourth-order valence-corrected chi connectivity index (χ4v) is 8.98. The molecule has 384 valence electrons. The second-order valence-electron chi connectivity index (χ2n) is 16.5. The lowest BCUT2D eigenvalue weighted by Crippen LogP contribution is -2.47. The molecular weight excluding hydrogens is 1010 g/mol. The zero-order valence-corrected chi connectivity index (χ0v) is 43.2. The third kappa shape index (κ3) is 14.8. The highest BCUT2D eigenvalue weighted by molar-refractivity contribution is 7.57. The number of carbonyl (C=O) groups excluding carboxylic acids is 5. The number of halogens is 4. The van der Waals surface area contributed by atoms with Crippen LogP contribution in [0.15, 0.2) is 65.7 Å². The van der Waals surface area contributed by atoms with Gasteiger partial charge in [0.2, 0.25) is 5.91 Å². The van der Waals surface area contributed by atoms with Crippen molar-refractivity contribution in [1.82, 2.24) is 0 Å². The maximum absolute atomic E-state index is 14.7. The summed E-state index contributed by atoms with van der Waals surface area (Å²) in [7, 11) is -1.52. The Kier molecular flexibility index (Phi) is 21.9. The Morgan fingerprint density at radius 2 is 1.58 bits per heavy atom.